The molecule has 1 amide bonds. The Morgan fingerprint density at radius 1 is 1.55 bits per heavy atom. The number of H-pyrrole nitrogens is 1. The molecular weight excluding hydrogens is 282 g/mol. The summed E-state index contributed by atoms with van der Waals surface area (Å²) in [6, 6.07) is 1.77. The highest BCUT2D eigenvalue weighted by molar-refractivity contribution is 5.90. The third-order valence-corrected chi connectivity index (χ3v) is 4.36. The van der Waals surface area contributed by atoms with Gasteiger partial charge in [0.2, 0.25) is 0 Å². The van der Waals surface area contributed by atoms with Crippen LogP contribution in [0.15, 0.2) is 10.6 Å². The molecule has 1 fully saturated rings. The first-order valence-electron chi connectivity index (χ1n) is 7.54. The number of piperidine rings is 1. The molecule has 1 aliphatic heterocycles. The molecule has 1 atom stereocenters. The van der Waals surface area contributed by atoms with E-state index < -0.39 is 5.91 Å². The molecule has 0 aromatic carbocycles. The Kier molecular flexibility index (Phi) is 3.98. The summed E-state index contributed by atoms with van der Waals surface area (Å²) in [6.07, 6.45) is 2.19. The number of likely N-dealkylation sites (tertiary alicyclic amines) is 1. The Morgan fingerprint density at radius 3 is 3.00 bits per heavy atom. The second-order valence-corrected chi connectivity index (χ2v) is 5.95. The van der Waals surface area contributed by atoms with Crippen LogP contribution in [0.25, 0.3) is 0 Å². The van der Waals surface area contributed by atoms with Crippen LogP contribution in [0.4, 0.5) is 0 Å². The molecule has 3 N–H and O–H groups in total. The molecule has 0 unspecified atom stereocenters. The van der Waals surface area contributed by atoms with E-state index in [4.69, 9.17) is 10.3 Å². The maximum atomic E-state index is 11.2. The van der Waals surface area contributed by atoms with E-state index in [9.17, 15) is 4.79 Å². The van der Waals surface area contributed by atoms with Crippen LogP contribution in [0.1, 0.15) is 52.0 Å². The van der Waals surface area contributed by atoms with Gasteiger partial charge in [-0.3, -0.25) is 14.8 Å². The minimum atomic E-state index is -0.495. The summed E-state index contributed by atoms with van der Waals surface area (Å²) in [6.45, 7) is 6.74. The average molecular weight is 303 g/mol. The van der Waals surface area contributed by atoms with Crippen LogP contribution in [0.2, 0.25) is 0 Å². The zero-order valence-electron chi connectivity index (χ0n) is 12.9. The number of nitrogens with one attached hydrogen (secondary N) is 1. The molecule has 3 rings (SSSR count). The molecule has 0 aliphatic carbocycles. The van der Waals surface area contributed by atoms with Crippen LogP contribution in [-0.4, -0.2) is 39.3 Å². The van der Waals surface area contributed by atoms with Crippen LogP contribution in [0, 0.1) is 13.8 Å². The van der Waals surface area contributed by atoms with Crippen molar-refractivity contribution in [2.45, 2.75) is 39.2 Å². The second-order valence-electron chi connectivity index (χ2n) is 5.95. The molecular formula is C15H21N5O2. The Labute approximate surface area is 128 Å². The fourth-order valence-electron chi connectivity index (χ4n) is 3.08. The minimum absolute atomic E-state index is 0.304. The van der Waals surface area contributed by atoms with Crippen molar-refractivity contribution in [3.63, 3.8) is 0 Å². The lowest BCUT2D eigenvalue weighted by molar-refractivity contribution is 0.0995. The van der Waals surface area contributed by atoms with Gasteiger partial charge in [-0.15, -0.1) is 0 Å². The molecule has 0 spiro atoms. The molecule has 0 radical (unpaired) electrons. The van der Waals surface area contributed by atoms with Crippen LogP contribution in [0.3, 0.4) is 0 Å². The number of nitrogens with two attached hydrogens (primary N) is 1. The highest BCUT2D eigenvalue weighted by Gasteiger charge is 2.25. The van der Waals surface area contributed by atoms with Crippen molar-refractivity contribution in [2.75, 3.05) is 13.1 Å². The van der Waals surface area contributed by atoms with Crippen molar-refractivity contribution in [1.82, 2.24) is 20.3 Å². The summed E-state index contributed by atoms with van der Waals surface area (Å²) in [7, 11) is 0. The monoisotopic (exact) mass is 303 g/mol. The molecule has 3 heterocycles. The summed E-state index contributed by atoms with van der Waals surface area (Å²) < 4.78 is 5.23. The van der Waals surface area contributed by atoms with Crippen molar-refractivity contribution in [3.8, 4) is 0 Å². The maximum Gasteiger partial charge on any atom is 0.269 e. The van der Waals surface area contributed by atoms with Gasteiger partial charge >= 0.3 is 0 Å². The normalized spacial score (nSPS) is 19.5. The molecule has 22 heavy (non-hydrogen) atoms. The number of aryl methyl sites for hydroxylation is 2. The van der Waals surface area contributed by atoms with Gasteiger partial charge in [-0.1, -0.05) is 5.16 Å². The summed E-state index contributed by atoms with van der Waals surface area (Å²) in [4.78, 5) is 13.6. The maximum absolute atomic E-state index is 11.2. The fraction of sp³-hybridized carbons (Fsp3) is 0.533. The van der Waals surface area contributed by atoms with E-state index in [-0.39, 0.29) is 0 Å². The van der Waals surface area contributed by atoms with Crippen molar-refractivity contribution < 1.29 is 9.32 Å². The van der Waals surface area contributed by atoms with E-state index in [2.05, 4.69) is 20.3 Å². The lowest BCUT2D eigenvalue weighted by Gasteiger charge is -2.32. The van der Waals surface area contributed by atoms with Crippen LogP contribution >= 0.6 is 0 Å². The van der Waals surface area contributed by atoms with Gasteiger partial charge in [-0.05, 0) is 39.3 Å². The van der Waals surface area contributed by atoms with Crippen molar-refractivity contribution in [3.05, 3.63) is 34.5 Å². The smallest absolute Gasteiger partial charge is 0.269 e. The number of hydrogen-bond donors (Lipinski definition) is 2. The number of primary amides is 1. The van der Waals surface area contributed by atoms with Gasteiger partial charge in [-0.25, -0.2) is 0 Å². The lowest BCUT2D eigenvalue weighted by Crippen LogP contribution is -2.34. The molecule has 0 saturated carbocycles. The van der Waals surface area contributed by atoms with Crippen molar-refractivity contribution >= 4 is 5.91 Å². The van der Waals surface area contributed by atoms with Crippen molar-refractivity contribution in [1.29, 1.82) is 0 Å². The predicted molar refractivity (Wildman–Crippen MR) is 80.3 cm³/mol. The average Bonchev–Trinajstić information content (AvgIpc) is 3.10. The zero-order chi connectivity index (χ0) is 15.7. The minimum Gasteiger partial charge on any atom is -0.364 e. The van der Waals surface area contributed by atoms with Crippen LogP contribution in [0.5, 0.6) is 0 Å². The fourth-order valence-corrected chi connectivity index (χ4v) is 3.08. The Balaban J connectivity index is 1.70. The first-order chi connectivity index (χ1) is 10.5. The second kappa shape index (κ2) is 5.92. The third kappa shape index (κ3) is 2.89. The summed E-state index contributed by atoms with van der Waals surface area (Å²) >= 11 is 0. The third-order valence-electron chi connectivity index (χ3n) is 4.36. The molecule has 1 saturated heterocycles. The summed E-state index contributed by atoms with van der Waals surface area (Å²) in [5.74, 6) is 0.734. The molecule has 7 nitrogen and oxygen atoms in total. The number of aromatic amines is 1. The van der Waals surface area contributed by atoms with Gasteiger partial charge in [-0.2, -0.15) is 5.10 Å². The highest BCUT2D eigenvalue weighted by atomic mass is 16.5. The summed E-state index contributed by atoms with van der Waals surface area (Å²) in [5.41, 5.74) is 8.67. The van der Waals surface area contributed by atoms with E-state index in [1.807, 2.05) is 13.8 Å². The summed E-state index contributed by atoms with van der Waals surface area (Å²) in [5, 5.41) is 10.9. The number of aromatic nitrogens is 3. The molecule has 2 aromatic heterocycles. The highest BCUT2D eigenvalue weighted by Crippen LogP contribution is 2.27. The number of carbonyl (C=O) groups excluding carboxylic acids is 1. The van der Waals surface area contributed by atoms with E-state index in [1.54, 1.807) is 6.07 Å². The van der Waals surface area contributed by atoms with Crippen LogP contribution < -0.4 is 5.73 Å². The number of amides is 1. The Bertz CT molecular complexity index is 656. The SMILES string of the molecule is Cc1noc(C)c1CN1CCC[C@H](c2cc(C(N)=O)n[nH]2)C1. The molecule has 7 heteroatoms. The number of hydrogen-bond acceptors (Lipinski definition) is 5. The Morgan fingerprint density at radius 2 is 2.36 bits per heavy atom. The first-order valence-corrected chi connectivity index (χ1v) is 7.54. The van der Waals surface area contributed by atoms with Crippen LogP contribution in [-0.2, 0) is 6.54 Å². The van der Waals surface area contributed by atoms with Gasteiger partial charge in [0, 0.05) is 30.3 Å². The molecule has 1 aliphatic rings. The van der Waals surface area contributed by atoms with Gasteiger partial charge in [0.1, 0.15) is 11.5 Å². The number of rotatable bonds is 4. The van der Waals surface area contributed by atoms with Crippen molar-refractivity contribution in [2.24, 2.45) is 5.73 Å². The lowest BCUT2D eigenvalue weighted by atomic mass is 9.94. The quantitative estimate of drug-likeness (QED) is 0.891. The largest absolute Gasteiger partial charge is 0.364 e. The van der Waals surface area contributed by atoms with E-state index in [0.717, 1.165) is 49.6 Å². The number of carbonyl (C=O) groups is 1. The number of nitrogens with zero attached hydrogens (tertiary/aromatic N) is 3. The molecule has 2 aromatic rings. The Hall–Kier alpha value is -2.15. The van der Waals surface area contributed by atoms with E-state index in [1.165, 1.54) is 5.56 Å². The van der Waals surface area contributed by atoms with Gasteiger partial charge in [0.25, 0.3) is 5.91 Å². The van der Waals surface area contributed by atoms with E-state index >= 15 is 0 Å². The predicted octanol–water partition coefficient (Wildman–Crippen LogP) is 1.49. The standard InChI is InChI=1S/C15H21N5O2/c1-9-12(10(2)22-19-9)8-20-5-3-4-11(7-20)13-6-14(15(16)21)18-17-13/h6,11H,3-5,7-8H2,1-2H3,(H2,16,21)(H,17,18)/t11-/m0/s1. The topological polar surface area (TPSA) is 101 Å². The molecule has 118 valence electrons. The zero-order valence-corrected chi connectivity index (χ0v) is 12.9. The van der Waals surface area contributed by atoms with Gasteiger partial charge in [0.15, 0.2) is 0 Å². The van der Waals surface area contributed by atoms with Gasteiger partial charge in [0.05, 0.1) is 5.69 Å². The first kappa shape index (κ1) is 14.8. The molecule has 0 bridgehead atoms. The van der Waals surface area contributed by atoms with E-state index in [0.29, 0.717) is 11.6 Å². The van der Waals surface area contributed by atoms with Gasteiger partial charge < -0.3 is 10.3 Å².